The second-order valence-electron chi connectivity index (χ2n) is 5.21. The lowest BCUT2D eigenvalue weighted by atomic mass is 10.1. The molecule has 118 valence electrons. The molecule has 2 heterocycles. The first-order chi connectivity index (χ1) is 10.0. The molecule has 0 aliphatic carbocycles. The van der Waals surface area contributed by atoms with Crippen LogP contribution in [-0.4, -0.2) is 77.7 Å². The van der Waals surface area contributed by atoms with Gasteiger partial charge in [0, 0.05) is 19.6 Å². The summed E-state index contributed by atoms with van der Waals surface area (Å²) >= 11 is 0. The summed E-state index contributed by atoms with van der Waals surface area (Å²) in [5.74, 6) is -1.50. The normalized spacial score (nSPS) is 26.4. The summed E-state index contributed by atoms with van der Waals surface area (Å²) in [6, 6.07) is -1.24. The minimum absolute atomic E-state index is 0.0262. The topological polar surface area (TPSA) is 99.2 Å². The van der Waals surface area contributed by atoms with Gasteiger partial charge in [0.1, 0.15) is 6.04 Å². The number of urea groups is 1. The van der Waals surface area contributed by atoms with Crippen LogP contribution < -0.4 is 5.32 Å². The van der Waals surface area contributed by atoms with Crippen molar-refractivity contribution >= 4 is 17.9 Å². The van der Waals surface area contributed by atoms with Crippen LogP contribution >= 0.6 is 0 Å². The molecule has 2 fully saturated rings. The molecule has 0 bridgehead atoms. The van der Waals surface area contributed by atoms with Gasteiger partial charge in [-0.25, -0.2) is 4.79 Å². The van der Waals surface area contributed by atoms with E-state index in [9.17, 15) is 14.4 Å². The molecule has 2 N–H and O–H groups in total. The summed E-state index contributed by atoms with van der Waals surface area (Å²) in [6.07, 6.45) is 0.383. The van der Waals surface area contributed by atoms with Gasteiger partial charge in [-0.15, -0.1) is 0 Å². The molecule has 0 radical (unpaired) electrons. The minimum atomic E-state index is -1.09. The number of rotatable bonds is 3. The minimum Gasteiger partial charge on any atom is -0.481 e. The third-order valence-electron chi connectivity index (χ3n) is 3.89. The van der Waals surface area contributed by atoms with Crippen molar-refractivity contribution in [2.45, 2.75) is 31.8 Å². The molecule has 2 aliphatic heterocycles. The predicted molar refractivity (Wildman–Crippen MR) is 72.8 cm³/mol. The van der Waals surface area contributed by atoms with E-state index in [-0.39, 0.29) is 18.5 Å². The van der Waals surface area contributed by atoms with Gasteiger partial charge in [0.05, 0.1) is 25.7 Å². The van der Waals surface area contributed by atoms with E-state index < -0.39 is 17.9 Å². The Morgan fingerprint density at radius 1 is 1.38 bits per heavy atom. The number of hydrogen-bond acceptors (Lipinski definition) is 4. The van der Waals surface area contributed by atoms with Crippen LogP contribution in [-0.2, 0) is 14.3 Å². The van der Waals surface area contributed by atoms with Crippen molar-refractivity contribution in [3.63, 3.8) is 0 Å². The number of piperazine rings is 1. The molecule has 2 saturated heterocycles. The fourth-order valence-corrected chi connectivity index (χ4v) is 2.72. The maximum Gasteiger partial charge on any atom is 0.321 e. The Kier molecular flexibility index (Phi) is 5.00. The fraction of sp³-hybridized carbons (Fsp3) is 0.769. The number of nitrogens with zero attached hydrogens (tertiary/aromatic N) is 2. The van der Waals surface area contributed by atoms with Crippen molar-refractivity contribution in [3.05, 3.63) is 0 Å². The highest BCUT2D eigenvalue weighted by atomic mass is 16.5. The maximum atomic E-state index is 12.7. The average Bonchev–Trinajstić information content (AvgIpc) is 2.48. The van der Waals surface area contributed by atoms with Crippen molar-refractivity contribution in [2.75, 3.05) is 32.8 Å². The highest BCUT2D eigenvalue weighted by Crippen LogP contribution is 2.17. The number of amides is 3. The smallest absolute Gasteiger partial charge is 0.321 e. The number of carboxylic acid groups (broad SMARTS) is 1. The van der Waals surface area contributed by atoms with Gasteiger partial charge >= 0.3 is 12.0 Å². The van der Waals surface area contributed by atoms with Crippen LogP contribution in [0.15, 0.2) is 0 Å². The van der Waals surface area contributed by atoms with Crippen molar-refractivity contribution in [3.8, 4) is 0 Å². The summed E-state index contributed by atoms with van der Waals surface area (Å²) in [6.45, 7) is 4.06. The van der Waals surface area contributed by atoms with Gasteiger partial charge < -0.3 is 25.0 Å². The summed E-state index contributed by atoms with van der Waals surface area (Å²) < 4.78 is 5.37. The maximum absolute atomic E-state index is 12.7. The lowest BCUT2D eigenvalue weighted by molar-refractivity contribution is -0.142. The van der Waals surface area contributed by atoms with Crippen molar-refractivity contribution in [1.82, 2.24) is 15.1 Å². The van der Waals surface area contributed by atoms with Gasteiger partial charge in [0.2, 0.25) is 5.91 Å². The Morgan fingerprint density at radius 3 is 2.81 bits per heavy atom. The van der Waals surface area contributed by atoms with Crippen LogP contribution in [0, 0.1) is 0 Å². The summed E-state index contributed by atoms with van der Waals surface area (Å²) in [7, 11) is 0. The standard InChI is InChI=1S/C13H21N3O5/c1-2-9-8-21-6-5-15(9)13(20)16-4-3-14-12(19)10(16)7-11(17)18/h9-10H,2-8H2,1H3,(H,14,19)(H,17,18). The SMILES string of the molecule is CCC1COCCN1C(=O)N1CCNC(=O)C1CC(=O)O. The molecule has 2 unspecified atom stereocenters. The van der Waals surface area contributed by atoms with Crippen molar-refractivity contribution < 1.29 is 24.2 Å². The van der Waals surface area contributed by atoms with Crippen LogP contribution in [0.25, 0.3) is 0 Å². The first-order valence-corrected chi connectivity index (χ1v) is 7.19. The summed E-state index contributed by atoms with van der Waals surface area (Å²) in [5.41, 5.74) is 0. The molecular weight excluding hydrogens is 278 g/mol. The molecule has 3 amide bonds. The monoisotopic (exact) mass is 299 g/mol. The van der Waals surface area contributed by atoms with Crippen LogP contribution in [0.3, 0.4) is 0 Å². The molecule has 2 atom stereocenters. The first kappa shape index (κ1) is 15.6. The van der Waals surface area contributed by atoms with Gasteiger partial charge in [0.25, 0.3) is 0 Å². The Balaban J connectivity index is 2.14. The van der Waals surface area contributed by atoms with Gasteiger partial charge in [-0.3, -0.25) is 9.59 Å². The van der Waals surface area contributed by atoms with Gasteiger partial charge in [-0.1, -0.05) is 6.92 Å². The molecule has 2 rings (SSSR count). The van der Waals surface area contributed by atoms with E-state index in [2.05, 4.69) is 5.32 Å². The van der Waals surface area contributed by atoms with E-state index >= 15 is 0 Å². The third-order valence-corrected chi connectivity index (χ3v) is 3.89. The number of morpholine rings is 1. The Morgan fingerprint density at radius 2 is 2.14 bits per heavy atom. The van der Waals surface area contributed by atoms with E-state index in [1.807, 2.05) is 6.92 Å². The zero-order valence-corrected chi connectivity index (χ0v) is 12.1. The van der Waals surface area contributed by atoms with Gasteiger partial charge in [-0.05, 0) is 6.42 Å². The van der Waals surface area contributed by atoms with E-state index in [1.54, 1.807) is 4.90 Å². The van der Waals surface area contributed by atoms with E-state index in [1.165, 1.54) is 4.90 Å². The van der Waals surface area contributed by atoms with Crippen molar-refractivity contribution in [1.29, 1.82) is 0 Å². The largest absolute Gasteiger partial charge is 0.481 e. The first-order valence-electron chi connectivity index (χ1n) is 7.19. The zero-order valence-electron chi connectivity index (χ0n) is 12.1. The molecule has 0 aromatic heterocycles. The molecule has 0 saturated carbocycles. The van der Waals surface area contributed by atoms with Crippen LogP contribution in [0.2, 0.25) is 0 Å². The van der Waals surface area contributed by atoms with Crippen LogP contribution in [0.1, 0.15) is 19.8 Å². The zero-order chi connectivity index (χ0) is 15.4. The summed E-state index contributed by atoms with van der Waals surface area (Å²) in [5, 5.41) is 11.6. The van der Waals surface area contributed by atoms with Gasteiger partial charge in [0.15, 0.2) is 0 Å². The van der Waals surface area contributed by atoms with Crippen LogP contribution in [0.5, 0.6) is 0 Å². The lowest BCUT2D eigenvalue weighted by Crippen LogP contribution is -2.63. The Bertz CT molecular complexity index is 428. The fourth-order valence-electron chi connectivity index (χ4n) is 2.72. The highest BCUT2D eigenvalue weighted by molar-refractivity contribution is 5.91. The van der Waals surface area contributed by atoms with E-state index in [0.717, 1.165) is 6.42 Å². The van der Waals surface area contributed by atoms with E-state index in [4.69, 9.17) is 9.84 Å². The number of nitrogens with one attached hydrogen (secondary N) is 1. The molecule has 0 aromatic carbocycles. The highest BCUT2D eigenvalue weighted by Gasteiger charge is 2.38. The Hall–Kier alpha value is -1.83. The number of carboxylic acids is 1. The number of aliphatic carboxylic acids is 1. The number of ether oxygens (including phenoxy) is 1. The number of carbonyl (C=O) groups is 3. The lowest BCUT2D eigenvalue weighted by Gasteiger charge is -2.42. The van der Waals surface area contributed by atoms with Crippen molar-refractivity contribution in [2.24, 2.45) is 0 Å². The molecule has 21 heavy (non-hydrogen) atoms. The second-order valence-corrected chi connectivity index (χ2v) is 5.21. The molecule has 2 aliphatic rings. The third kappa shape index (κ3) is 3.44. The predicted octanol–water partition coefficient (Wildman–Crippen LogP) is -0.508. The quantitative estimate of drug-likeness (QED) is 0.731. The molecule has 0 spiro atoms. The molecule has 8 nitrogen and oxygen atoms in total. The Labute approximate surface area is 123 Å². The van der Waals surface area contributed by atoms with Crippen LogP contribution in [0.4, 0.5) is 4.79 Å². The number of hydrogen-bond donors (Lipinski definition) is 2. The second kappa shape index (κ2) is 6.75. The number of carbonyl (C=O) groups excluding carboxylic acids is 2. The molecule has 0 aromatic rings. The molecule has 8 heteroatoms. The van der Waals surface area contributed by atoms with Gasteiger partial charge in [-0.2, -0.15) is 0 Å². The van der Waals surface area contributed by atoms with E-state index in [0.29, 0.717) is 32.8 Å². The average molecular weight is 299 g/mol. The molecular formula is C13H21N3O5. The summed E-state index contributed by atoms with van der Waals surface area (Å²) in [4.78, 5) is 38.5.